The van der Waals surface area contributed by atoms with Crippen molar-refractivity contribution in [2.45, 2.75) is 19.3 Å². The Morgan fingerprint density at radius 2 is 2.25 bits per heavy atom. The third-order valence-electron chi connectivity index (χ3n) is 1.79. The van der Waals surface area contributed by atoms with Gasteiger partial charge in [-0.1, -0.05) is 29.9 Å². The molecule has 1 heteroatoms. The van der Waals surface area contributed by atoms with Crippen LogP contribution in [-0.4, -0.2) is 0 Å². The van der Waals surface area contributed by atoms with Crippen molar-refractivity contribution >= 4 is 0 Å². The Bertz CT molecular complexity index is 287. The van der Waals surface area contributed by atoms with Crippen LogP contribution < -0.4 is 5.73 Å². The van der Waals surface area contributed by atoms with Gasteiger partial charge in [0.15, 0.2) is 0 Å². The zero-order chi connectivity index (χ0) is 8.97. The molecule has 0 fully saturated rings. The van der Waals surface area contributed by atoms with E-state index in [2.05, 4.69) is 24.7 Å². The molecule has 1 rings (SSSR count). The highest BCUT2D eigenvalue weighted by molar-refractivity contribution is 5.34. The van der Waals surface area contributed by atoms with Crippen molar-refractivity contribution in [3.8, 4) is 12.3 Å². The van der Waals surface area contributed by atoms with Crippen LogP contribution in [0.15, 0.2) is 35.6 Å². The van der Waals surface area contributed by atoms with Gasteiger partial charge in [0.1, 0.15) is 0 Å². The molecule has 0 spiro atoms. The standard InChI is InChI=1S/C11H13N/c1-3-4-10-5-6-11(8-10)7-9(2)12/h1,5-6H,2,4,7-8,12H2. The number of hydrogen-bond donors (Lipinski definition) is 1. The fourth-order valence-corrected chi connectivity index (χ4v) is 1.31. The van der Waals surface area contributed by atoms with E-state index < -0.39 is 0 Å². The summed E-state index contributed by atoms with van der Waals surface area (Å²) < 4.78 is 0. The summed E-state index contributed by atoms with van der Waals surface area (Å²) in [5.41, 5.74) is 8.82. The predicted molar refractivity (Wildman–Crippen MR) is 52.2 cm³/mol. The van der Waals surface area contributed by atoms with Crippen molar-refractivity contribution in [1.82, 2.24) is 0 Å². The largest absolute Gasteiger partial charge is 0.402 e. The fraction of sp³-hybridized carbons (Fsp3) is 0.273. The second-order valence-corrected chi connectivity index (χ2v) is 3.04. The summed E-state index contributed by atoms with van der Waals surface area (Å²) in [6, 6.07) is 0. The highest BCUT2D eigenvalue weighted by Crippen LogP contribution is 2.24. The molecule has 0 heterocycles. The summed E-state index contributed by atoms with van der Waals surface area (Å²) in [5, 5.41) is 0. The summed E-state index contributed by atoms with van der Waals surface area (Å²) in [6.07, 6.45) is 11.9. The van der Waals surface area contributed by atoms with Gasteiger partial charge in [-0.3, -0.25) is 0 Å². The van der Waals surface area contributed by atoms with Crippen molar-refractivity contribution < 1.29 is 0 Å². The molecule has 0 radical (unpaired) electrons. The van der Waals surface area contributed by atoms with Crippen LogP contribution in [0.3, 0.4) is 0 Å². The normalized spacial score (nSPS) is 14.9. The second kappa shape index (κ2) is 3.82. The summed E-state index contributed by atoms with van der Waals surface area (Å²) in [5.74, 6) is 2.63. The lowest BCUT2D eigenvalue weighted by Crippen LogP contribution is -1.95. The van der Waals surface area contributed by atoms with Crippen molar-refractivity contribution in [2.24, 2.45) is 5.73 Å². The van der Waals surface area contributed by atoms with E-state index in [0.717, 1.165) is 25.0 Å². The van der Waals surface area contributed by atoms with E-state index in [1.165, 1.54) is 11.1 Å². The Morgan fingerprint density at radius 3 is 2.83 bits per heavy atom. The van der Waals surface area contributed by atoms with Gasteiger partial charge in [0.25, 0.3) is 0 Å². The number of allylic oxidation sites excluding steroid dienone is 4. The summed E-state index contributed by atoms with van der Waals surface area (Å²) in [7, 11) is 0. The molecule has 0 aromatic rings. The highest BCUT2D eigenvalue weighted by atomic mass is 14.6. The van der Waals surface area contributed by atoms with E-state index in [0.29, 0.717) is 0 Å². The maximum atomic E-state index is 5.49. The molecular weight excluding hydrogens is 146 g/mol. The number of terminal acetylenes is 1. The summed E-state index contributed by atoms with van der Waals surface area (Å²) in [6.45, 7) is 3.66. The molecule has 0 saturated carbocycles. The number of hydrogen-bond acceptors (Lipinski definition) is 1. The zero-order valence-corrected chi connectivity index (χ0v) is 7.14. The molecular formula is C11H13N. The van der Waals surface area contributed by atoms with E-state index >= 15 is 0 Å². The van der Waals surface area contributed by atoms with E-state index in [1.54, 1.807) is 0 Å². The maximum absolute atomic E-state index is 5.49. The minimum Gasteiger partial charge on any atom is -0.402 e. The smallest absolute Gasteiger partial charge is 0.0302 e. The third-order valence-corrected chi connectivity index (χ3v) is 1.79. The van der Waals surface area contributed by atoms with E-state index in [4.69, 9.17) is 12.2 Å². The van der Waals surface area contributed by atoms with Crippen molar-refractivity contribution in [3.05, 3.63) is 35.6 Å². The Kier molecular flexibility index (Phi) is 2.76. The molecule has 0 atom stereocenters. The summed E-state index contributed by atoms with van der Waals surface area (Å²) in [4.78, 5) is 0. The Balaban J connectivity index is 2.40. The van der Waals surface area contributed by atoms with E-state index in [1.807, 2.05) is 0 Å². The zero-order valence-electron chi connectivity index (χ0n) is 7.14. The quantitative estimate of drug-likeness (QED) is 0.627. The first-order chi connectivity index (χ1) is 5.72. The van der Waals surface area contributed by atoms with E-state index in [9.17, 15) is 0 Å². The first-order valence-electron chi connectivity index (χ1n) is 3.96. The van der Waals surface area contributed by atoms with Gasteiger partial charge in [0.05, 0.1) is 0 Å². The van der Waals surface area contributed by atoms with Crippen LogP contribution in [0.5, 0.6) is 0 Å². The van der Waals surface area contributed by atoms with Gasteiger partial charge in [-0.15, -0.1) is 12.3 Å². The minimum atomic E-state index is 0.719. The van der Waals surface area contributed by atoms with Gasteiger partial charge in [-0.25, -0.2) is 0 Å². The van der Waals surface area contributed by atoms with Crippen LogP contribution >= 0.6 is 0 Å². The summed E-state index contributed by atoms with van der Waals surface area (Å²) >= 11 is 0. The molecule has 62 valence electrons. The van der Waals surface area contributed by atoms with Crippen LogP contribution in [0.2, 0.25) is 0 Å². The van der Waals surface area contributed by atoms with Gasteiger partial charge >= 0.3 is 0 Å². The lowest BCUT2D eigenvalue weighted by molar-refractivity contribution is 0.999. The number of nitrogens with two attached hydrogens (primary N) is 1. The molecule has 0 saturated heterocycles. The van der Waals surface area contributed by atoms with Crippen LogP contribution in [0.25, 0.3) is 0 Å². The second-order valence-electron chi connectivity index (χ2n) is 3.04. The van der Waals surface area contributed by atoms with Gasteiger partial charge < -0.3 is 5.73 Å². The van der Waals surface area contributed by atoms with Crippen molar-refractivity contribution in [2.75, 3.05) is 0 Å². The number of rotatable bonds is 3. The maximum Gasteiger partial charge on any atom is 0.0302 e. The van der Waals surface area contributed by atoms with Crippen LogP contribution in [0.4, 0.5) is 0 Å². The first-order valence-corrected chi connectivity index (χ1v) is 3.96. The third kappa shape index (κ3) is 2.32. The molecule has 1 aliphatic carbocycles. The van der Waals surface area contributed by atoms with Gasteiger partial charge in [0.2, 0.25) is 0 Å². The van der Waals surface area contributed by atoms with Gasteiger partial charge in [0, 0.05) is 18.5 Å². The van der Waals surface area contributed by atoms with Crippen molar-refractivity contribution in [1.29, 1.82) is 0 Å². The first kappa shape index (κ1) is 8.67. The topological polar surface area (TPSA) is 26.0 Å². The van der Waals surface area contributed by atoms with Gasteiger partial charge in [-0.2, -0.15) is 0 Å². The molecule has 0 unspecified atom stereocenters. The van der Waals surface area contributed by atoms with Crippen LogP contribution in [0, 0.1) is 12.3 Å². The van der Waals surface area contributed by atoms with Gasteiger partial charge in [-0.05, 0) is 6.42 Å². The molecule has 0 bridgehead atoms. The molecule has 12 heavy (non-hydrogen) atoms. The molecule has 0 aliphatic heterocycles. The average Bonchev–Trinajstić information content (AvgIpc) is 2.36. The molecule has 0 aromatic carbocycles. The molecule has 0 aromatic heterocycles. The molecule has 1 aliphatic rings. The highest BCUT2D eigenvalue weighted by Gasteiger charge is 2.06. The Morgan fingerprint density at radius 1 is 1.58 bits per heavy atom. The average molecular weight is 159 g/mol. The monoisotopic (exact) mass is 159 g/mol. The van der Waals surface area contributed by atoms with Crippen LogP contribution in [-0.2, 0) is 0 Å². The van der Waals surface area contributed by atoms with Crippen LogP contribution in [0.1, 0.15) is 19.3 Å². The fourth-order valence-electron chi connectivity index (χ4n) is 1.31. The Labute approximate surface area is 73.7 Å². The van der Waals surface area contributed by atoms with E-state index in [-0.39, 0.29) is 0 Å². The Hall–Kier alpha value is -1.42. The molecule has 0 amide bonds. The molecule has 2 N–H and O–H groups in total. The predicted octanol–water partition coefficient (Wildman–Crippen LogP) is 2.13. The lowest BCUT2D eigenvalue weighted by atomic mass is 10.1. The minimum absolute atomic E-state index is 0.719. The SMILES string of the molecule is C#CCC1=CC=C(CC(=C)N)C1. The van der Waals surface area contributed by atoms with Crippen molar-refractivity contribution in [3.63, 3.8) is 0 Å². The molecule has 1 nitrogen and oxygen atoms in total. The lowest BCUT2D eigenvalue weighted by Gasteiger charge is -2.01.